The molecule has 0 atom stereocenters. The molecule has 23 heavy (non-hydrogen) atoms. The second-order valence-corrected chi connectivity index (χ2v) is 5.77. The number of carbonyl (C=O) groups excluding carboxylic acids is 1. The normalized spacial score (nSPS) is 11.6. The molecule has 2 N–H and O–H groups in total. The summed E-state index contributed by atoms with van der Waals surface area (Å²) in [4.78, 5) is 28.9. The zero-order chi connectivity index (χ0) is 16.9. The lowest BCUT2D eigenvalue weighted by Gasteiger charge is -2.31. The third kappa shape index (κ3) is 3.59. The molecule has 0 radical (unpaired) electrons. The zero-order valence-electron chi connectivity index (χ0n) is 13.6. The molecule has 0 spiro atoms. The van der Waals surface area contributed by atoms with Crippen LogP contribution in [0.2, 0.25) is 0 Å². The van der Waals surface area contributed by atoms with Crippen LogP contribution in [0.3, 0.4) is 0 Å². The summed E-state index contributed by atoms with van der Waals surface area (Å²) in [5, 5.41) is 12.1. The van der Waals surface area contributed by atoms with Gasteiger partial charge in [-0.3, -0.25) is 14.0 Å². The Kier molecular flexibility index (Phi) is 5.50. The smallest absolute Gasteiger partial charge is 0.270 e. The van der Waals surface area contributed by atoms with Crippen LogP contribution in [0.1, 0.15) is 43.5 Å². The van der Waals surface area contributed by atoms with Gasteiger partial charge in [0.25, 0.3) is 11.5 Å². The van der Waals surface area contributed by atoms with Crippen molar-refractivity contribution in [1.29, 1.82) is 0 Å². The Morgan fingerprint density at radius 3 is 2.74 bits per heavy atom. The number of rotatable bonds is 7. The number of amides is 1. The molecule has 0 aliphatic carbocycles. The van der Waals surface area contributed by atoms with Gasteiger partial charge in [-0.05, 0) is 36.8 Å². The van der Waals surface area contributed by atoms with Crippen LogP contribution in [0, 0.1) is 5.41 Å². The van der Waals surface area contributed by atoms with Crippen LogP contribution in [0.15, 0.2) is 35.4 Å². The highest BCUT2D eigenvalue weighted by Gasteiger charge is 2.26. The Labute approximate surface area is 135 Å². The minimum Gasteiger partial charge on any atom is -0.396 e. The quantitative estimate of drug-likeness (QED) is 0.812. The van der Waals surface area contributed by atoms with Crippen LogP contribution in [-0.2, 0) is 0 Å². The third-order valence-electron chi connectivity index (χ3n) is 4.62. The summed E-state index contributed by atoms with van der Waals surface area (Å²) in [6.07, 6.45) is 5.22. The lowest BCUT2D eigenvalue weighted by Crippen LogP contribution is -2.40. The number of nitrogens with zero attached hydrogens (tertiary/aromatic N) is 2. The first-order valence-electron chi connectivity index (χ1n) is 7.92. The molecule has 0 saturated heterocycles. The summed E-state index contributed by atoms with van der Waals surface area (Å²) in [7, 11) is 0. The first-order valence-corrected chi connectivity index (χ1v) is 7.92. The molecule has 0 aliphatic rings. The van der Waals surface area contributed by atoms with E-state index in [1.165, 1.54) is 10.6 Å². The number of aliphatic hydroxyl groups excluding tert-OH is 1. The van der Waals surface area contributed by atoms with Crippen LogP contribution in [0.5, 0.6) is 0 Å². The van der Waals surface area contributed by atoms with Gasteiger partial charge in [-0.25, -0.2) is 4.98 Å². The Bertz CT molecular complexity index is 735. The Morgan fingerprint density at radius 1 is 1.35 bits per heavy atom. The van der Waals surface area contributed by atoms with E-state index in [0.29, 0.717) is 18.6 Å². The molecule has 6 nitrogen and oxygen atoms in total. The van der Waals surface area contributed by atoms with E-state index in [1.54, 1.807) is 24.4 Å². The second kappa shape index (κ2) is 7.37. The predicted molar refractivity (Wildman–Crippen MR) is 88.5 cm³/mol. The van der Waals surface area contributed by atoms with E-state index in [2.05, 4.69) is 10.3 Å². The van der Waals surface area contributed by atoms with Crippen LogP contribution in [-0.4, -0.2) is 33.6 Å². The number of aromatic nitrogens is 2. The van der Waals surface area contributed by atoms with Crippen LogP contribution >= 0.6 is 0 Å². The van der Waals surface area contributed by atoms with E-state index in [-0.39, 0.29) is 23.1 Å². The fraction of sp³-hybridized carbons (Fsp3) is 0.471. The molecule has 6 heteroatoms. The van der Waals surface area contributed by atoms with Gasteiger partial charge in [0.2, 0.25) is 0 Å². The summed E-state index contributed by atoms with van der Waals surface area (Å²) in [5.41, 5.74) is 0.00341. The van der Waals surface area contributed by atoms with Crippen molar-refractivity contribution in [3.63, 3.8) is 0 Å². The Morgan fingerprint density at radius 2 is 2.09 bits per heavy atom. The number of fused-ring (bicyclic) bond motifs is 1. The maximum Gasteiger partial charge on any atom is 0.270 e. The van der Waals surface area contributed by atoms with Crippen LogP contribution in [0.25, 0.3) is 5.65 Å². The number of hydrogen-bond acceptors (Lipinski definition) is 4. The topological polar surface area (TPSA) is 83.7 Å². The Balaban J connectivity index is 2.21. The summed E-state index contributed by atoms with van der Waals surface area (Å²) in [5.74, 6) is -0.426. The number of pyridine rings is 1. The summed E-state index contributed by atoms with van der Waals surface area (Å²) in [6, 6.07) is 5.22. The maximum absolute atomic E-state index is 12.4. The highest BCUT2D eigenvalue weighted by atomic mass is 16.3. The summed E-state index contributed by atoms with van der Waals surface area (Å²) in [6.45, 7) is 4.59. The van der Waals surface area contributed by atoms with Crippen molar-refractivity contribution in [2.24, 2.45) is 5.41 Å². The SMILES string of the molecule is CCC(CC)(CCO)CNC(=O)c1cnc2ccccn2c1=O. The van der Waals surface area contributed by atoms with Gasteiger partial charge in [0.1, 0.15) is 11.2 Å². The monoisotopic (exact) mass is 317 g/mol. The number of hydrogen-bond donors (Lipinski definition) is 2. The lowest BCUT2D eigenvalue weighted by atomic mass is 9.79. The molecule has 1 amide bonds. The number of aliphatic hydroxyl groups is 1. The summed E-state index contributed by atoms with van der Waals surface area (Å²) >= 11 is 0. The molecule has 0 aliphatic heterocycles. The zero-order valence-corrected chi connectivity index (χ0v) is 13.6. The molecular formula is C17H23N3O3. The predicted octanol–water partition coefficient (Wildman–Crippen LogP) is 1.61. The molecule has 2 heterocycles. The van der Waals surface area contributed by atoms with Gasteiger partial charge in [0.05, 0.1) is 0 Å². The van der Waals surface area contributed by atoms with Crippen molar-refractivity contribution in [2.75, 3.05) is 13.2 Å². The first-order chi connectivity index (χ1) is 11.1. The van der Waals surface area contributed by atoms with Gasteiger partial charge in [0, 0.05) is 25.5 Å². The van der Waals surface area contributed by atoms with Gasteiger partial charge < -0.3 is 10.4 Å². The highest BCUT2D eigenvalue weighted by molar-refractivity contribution is 5.93. The highest BCUT2D eigenvalue weighted by Crippen LogP contribution is 2.29. The van der Waals surface area contributed by atoms with E-state index in [1.807, 2.05) is 13.8 Å². The molecule has 2 aromatic heterocycles. The maximum atomic E-state index is 12.4. The van der Waals surface area contributed by atoms with Crippen molar-refractivity contribution >= 4 is 11.6 Å². The van der Waals surface area contributed by atoms with E-state index < -0.39 is 5.91 Å². The minimum absolute atomic E-state index is 0.0267. The molecule has 0 aromatic carbocycles. The minimum atomic E-state index is -0.426. The molecule has 0 unspecified atom stereocenters. The van der Waals surface area contributed by atoms with Crippen LogP contribution in [0.4, 0.5) is 0 Å². The average Bonchev–Trinajstić information content (AvgIpc) is 2.59. The molecule has 2 rings (SSSR count). The fourth-order valence-corrected chi connectivity index (χ4v) is 2.72. The van der Waals surface area contributed by atoms with E-state index in [4.69, 9.17) is 0 Å². The number of nitrogens with one attached hydrogen (secondary N) is 1. The largest absolute Gasteiger partial charge is 0.396 e. The van der Waals surface area contributed by atoms with Crippen LogP contribution < -0.4 is 10.9 Å². The fourth-order valence-electron chi connectivity index (χ4n) is 2.72. The van der Waals surface area contributed by atoms with Crippen molar-refractivity contribution in [1.82, 2.24) is 14.7 Å². The average molecular weight is 317 g/mol. The molecule has 0 saturated carbocycles. The molecular weight excluding hydrogens is 294 g/mol. The van der Waals surface area contributed by atoms with E-state index >= 15 is 0 Å². The number of carbonyl (C=O) groups is 1. The van der Waals surface area contributed by atoms with Gasteiger partial charge in [0.15, 0.2) is 0 Å². The van der Waals surface area contributed by atoms with Gasteiger partial charge in [-0.15, -0.1) is 0 Å². The second-order valence-electron chi connectivity index (χ2n) is 5.77. The van der Waals surface area contributed by atoms with Gasteiger partial charge in [-0.2, -0.15) is 0 Å². The Hall–Kier alpha value is -2.21. The van der Waals surface area contributed by atoms with Gasteiger partial charge in [-0.1, -0.05) is 19.9 Å². The van der Waals surface area contributed by atoms with Gasteiger partial charge >= 0.3 is 0 Å². The van der Waals surface area contributed by atoms with Crippen molar-refractivity contribution in [2.45, 2.75) is 33.1 Å². The van der Waals surface area contributed by atoms with E-state index in [0.717, 1.165) is 12.8 Å². The molecule has 0 fully saturated rings. The van der Waals surface area contributed by atoms with Crippen molar-refractivity contribution < 1.29 is 9.90 Å². The van der Waals surface area contributed by atoms with Crippen molar-refractivity contribution in [3.8, 4) is 0 Å². The molecule has 0 bridgehead atoms. The molecule has 124 valence electrons. The standard InChI is InChI=1S/C17H23N3O3/c1-3-17(4-2,8-10-21)12-19-15(22)13-11-18-14-7-5-6-9-20(14)16(13)23/h5-7,9,11,21H,3-4,8,10,12H2,1-2H3,(H,19,22). The third-order valence-corrected chi connectivity index (χ3v) is 4.62. The molecule has 2 aromatic rings. The lowest BCUT2D eigenvalue weighted by molar-refractivity contribution is 0.0905. The summed E-state index contributed by atoms with van der Waals surface area (Å²) < 4.78 is 1.36. The van der Waals surface area contributed by atoms with E-state index in [9.17, 15) is 14.7 Å². The first kappa shape index (κ1) is 17.1. The van der Waals surface area contributed by atoms with Crippen molar-refractivity contribution in [3.05, 3.63) is 46.5 Å².